The van der Waals surface area contributed by atoms with Crippen LogP contribution in [0.2, 0.25) is 0 Å². The van der Waals surface area contributed by atoms with Crippen LogP contribution < -0.4 is 0 Å². The minimum absolute atomic E-state index is 0. The maximum Gasteiger partial charge on any atom is 0.325 e. The molecule has 0 saturated heterocycles. The normalized spacial score (nSPS) is 12.1. The minimum atomic E-state index is -3.78. The van der Waals surface area contributed by atoms with E-state index < -0.39 is 7.60 Å². The van der Waals surface area contributed by atoms with Crippen LogP contribution in [-0.2, 0) is 4.57 Å². The monoisotopic (exact) mass is 626 g/mol. The highest BCUT2D eigenvalue weighted by atomic mass is 79.9. The highest BCUT2D eigenvalue weighted by Gasteiger charge is 2.13. The third-order valence-corrected chi connectivity index (χ3v) is 8.98. The molecule has 0 radical (unpaired) electrons. The third-order valence-electron chi connectivity index (χ3n) is 8.08. The van der Waals surface area contributed by atoms with Crippen molar-refractivity contribution in [2.45, 2.75) is 174 Å². The van der Waals surface area contributed by atoms with E-state index in [1.807, 2.05) is 0 Å². The second kappa shape index (κ2) is 29.1. The van der Waals surface area contributed by atoms with Gasteiger partial charge in [0.15, 0.2) is 0 Å². The van der Waals surface area contributed by atoms with E-state index in [1.54, 1.807) is 0 Å². The van der Waals surface area contributed by atoms with E-state index in [0.29, 0.717) is 6.42 Å². The molecule has 0 aromatic heterocycles. The zero-order valence-corrected chi connectivity index (χ0v) is 28.7. The number of nitrogens with zero attached hydrogens (tertiary/aromatic N) is 1. The van der Waals surface area contributed by atoms with Gasteiger partial charge in [-0.3, -0.25) is 4.57 Å². The van der Waals surface area contributed by atoms with Gasteiger partial charge in [0.1, 0.15) is 0 Å². The molecule has 0 spiro atoms. The summed E-state index contributed by atoms with van der Waals surface area (Å²) in [6, 6.07) is 0. The molecule has 0 saturated carbocycles. The summed E-state index contributed by atoms with van der Waals surface area (Å²) >= 11 is 0. The quantitative estimate of drug-likeness (QED) is 0.0473. The van der Waals surface area contributed by atoms with Gasteiger partial charge in [0.05, 0.1) is 27.2 Å². The number of quaternary nitrogens is 1. The Labute approximate surface area is 250 Å². The Morgan fingerprint density at radius 3 is 0.947 bits per heavy atom. The van der Waals surface area contributed by atoms with Gasteiger partial charge < -0.3 is 14.3 Å². The summed E-state index contributed by atoms with van der Waals surface area (Å²) < 4.78 is 12.0. The fourth-order valence-corrected chi connectivity index (χ4v) is 6.11. The first-order chi connectivity index (χ1) is 17.8. The second-order valence-electron chi connectivity index (χ2n) is 12.6. The lowest BCUT2D eigenvalue weighted by atomic mass is 10.0. The number of hydrogen-bond acceptors (Lipinski definition) is 1. The minimum Gasteiger partial charge on any atom is -0.328 e. The van der Waals surface area contributed by atoms with Gasteiger partial charge in [-0.1, -0.05) is 142 Å². The summed E-state index contributed by atoms with van der Waals surface area (Å²) in [5.74, 6) is 0. The molecule has 0 atom stereocenters. The largest absolute Gasteiger partial charge is 0.328 e. The van der Waals surface area contributed by atoms with Crippen LogP contribution in [0.4, 0.5) is 0 Å². The molecule has 0 fully saturated rings. The topological polar surface area (TPSA) is 57.5 Å². The van der Waals surface area contributed by atoms with E-state index in [4.69, 9.17) is 9.79 Å². The summed E-state index contributed by atoms with van der Waals surface area (Å²) in [6.45, 7) is 4.95. The smallest absolute Gasteiger partial charge is 0.325 e. The van der Waals surface area contributed by atoms with Gasteiger partial charge in [-0.25, -0.2) is 0 Å². The van der Waals surface area contributed by atoms with Crippen LogP contribution in [0.15, 0.2) is 0 Å². The van der Waals surface area contributed by atoms with Gasteiger partial charge in [-0.2, -0.15) is 0 Å². The van der Waals surface area contributed by atoms with Crippen molar-refractivity contribution in [3.63, 3.8) is 0 Å². The fraction of sp³-hybridized carbons (Fsp3) is 1.00. The van der Waals surface area contributed by atoms with Crippen molar-refractivity contribution in [2.24, 2.45) is 0 Å². The molecule has 0 unspecified atom stereocenters. The first kappa shape index (κ1) is 40.7. The average molecular weight is 628 g/mol. The average Bonchev–Trinajstić information content (AvgIpc) is 2.83. The molecule has 0 aliphatic carbocycles. The van der Waals surface area contributed by atoms with Gasteiger partial charge in [-0.15, -0.1) is 17.0 Å². The van der Waals surface area contributed by atoms with E-state index in [1.165, 1.54) is 165 Å². The Bertz CT molecular complexity index is 513. The summed E-state index contributed by atoms with van der Waals surface area (Å²) in [6.07, 6.45) is 35.1. The second-order valence-corrected chi connectivity index (χ2v) is 14.4. The lowest BCUT2D eigenvalue weighted by Crippen LogP contribution is -2.41. The van der Waals surface area contributed by atoms with Crippen molar-refractivity contribution in [1.29, 1.82) is 0 Å². The Kier molecular flexibility index (Phi) is 31.2. The van der Waals surface area contributed by atoms with E-state index in [9.17, 15) is 4.57 Å². The maximum absolute atomic E-state index is 10.8. The molecule has 232 valence electrons. The van der Waals surface area contributed by atoms with E-state index in [0.717, 1.165) is 12.8 Å². The van der Waals surface area contributed by atoms with Gasteiger partial charge >= 0.3 is 7.60 Å². The van der Waals surface area contributed by atoms with Crippen molar-refractivity contribution in [2.75, 3.05) is 33.3 Å². The van der Waals surface area contributed by atoms with Crippen LogP contribution in [0.25, 0.3) is 0 Å². The highest BCUT2D eigenvalue weighted by Crippen LogP contribution is 2.35. The molecular formula is C32H70BrNO3P+. The molecule has 0 heterocycles. The molecule has 38 heavy (non-hydrogen) atoms. The van der Waals surface area contributed by atoms with Gasteiger partial charge in [0.25, 0.3) is 0 Å². The Morgan fingerprint density at radius 2 is 0.684 bits per heavy atom. The van der Waals surface area contributed by atoms with Crippen LogP contribution in [0, 0.1) is 0 Å². The Morgan fingerprint density at radius 1 is 0.447 bits per heavy atom. The number of hydrogen-bond donors (Lipinski definition) is 2. The SMILES string of the molecule is Br.CCCCCCCCCCCCCCCCCC[N+](C)(C)CCCCCCCCCCCCP(=O)(O)O. The Balaban J connectivity index is 0. The molecule has 0 aromatic carbocycles. The standard InChI is InChI=1S/C32H68NO3P.BrH/c1-4-5-6-7-8-9-10-11-12-13-14-15-18-21-24-27-30-33(2,3)31-28-25-22-19-16-17-20-23-26-29-32-37(34,35)36;/h4-32H2,1-3H3,(H-,34,35,36);1H/p+1. The molecule has 0 amide bonds. The summed E-state index contributed by atoms with van der Waals surface area (Å²) in [5, 5.41) is 0. The molecule has 4 nitrogen and oxygen atoms in total. The predicted molar refractivity (Wildman–Crippen MR) is 175 cm³/mol. The number of rotatable bonds is 30. The van der Waals surface area contributed by atoms with Crippen LogP contribution in [-0.4, -0.2) is 47.6 Å². The van der Waals surface area contributed by atoms with Gasteiger partial charge in [0.2, 0.25) is 0 Å². The molecule has 0 aliphatic heterocycles. The van der Waals surface area contributed by atoms with Crippen molar-refractivity contribution in [1.82, 2.24) is 0 Å². The third kappa shape index (κ3) is 34.6. The molecule has 2 N–H and O–H groups in total. The van der Waals surface area contributed by atoms with Crippen molar-refractivity contribution < 1.29 is 18.8 Å². The molecule has 0 rings (SSSR count). The van der Waals surface area contributed by atoms with Crippen LogP contribution in [0.1, 0.15) is 174 Å². The first-order valence-corrected chi connectivity index (χ1v) is 18.4. The lowest BCUT2D eigenvalue weighted by Gasteiger charge is -2.30. The van der Waals surface area contributed by atoms with Crippen molar-refractivity contribution in [3.8, 4) is 0 Å². The van der Waals surface area contributed by atoms with Crippen LogP contribution in [0.3, 0.4) is 0 Å². The lowest BCUT2D eigenvalue weighted by molar-refractivity contribution is -0.890. The zero-order chi connectivity index (χ0) is 27.5. The predicted octanol–water partition coefficient (Wildman–Crippen LogP) is 11.0. The van der Waals surface area contributed by atoms with E-state index in [-0.39, 0.29) is 23.1 Å². The van der Waals surface area contributed by atoms with E-state index in [2.05, 4.69) is 21.0 Å². The maximum atomic E-state index is 10.8. The molecule has 0 aromatic rings. The summed E-state index contributed by atoms with van der Waals surface area (Å²) in [4.78, 5) is 17.7. The van der Waals surface area contributed by atoms with Crippen molar-refractivity contribution >= 4 is 24.6 Å². The summed E-state index contributed by atoms with van der Waals surface area (Å²) in [5.41, 5.74) is 0. The number of unbranched alkanes of at least 4 members (excludes halogenated alkanes) is 24. The zero-order valence-electron chi connectivity index (χ0n) is 26.1. The Hall–Kier alpha value is 0.590. The molecule has 0 bridgehead atoms. The van der Waals surface area contributed by atoms with Crippen molar-refractivity contribution in [3.05, 3.63) is 0 Å². The fourth-order valence-electron chi connectivity index (χ4n) is 5.47. The summed E-state index contributed by atoms with van der Waals surface area (Å²) in [7, 11) is 1.05. The van der Waals surface area contributed by atoms with Gasteiger partial charge in [-0.05, 0) is 32.1 Å². The molecule has 0 aliphatic rings. The van der Waals surface area contributed by atoms with Crippen LogP contribution in [0.5, 0.6) is 0 Å². The molecular weight excluding hydrogens is 557 g/mol. The first-order valence-electron chi connectivity index (χ1n) is 16.6. The number of halogens is 1. The van der Waals surface area contributed by atoms with E-state index >= 15 is 0 Å². The van der Waals surface area contributed by atoms with Gasteiger partial charge in [0, 0.05) is 6.16 Å². The van der Waals surface area contributed by atoms with Crippen LogP contribution >= 0.6 is 24.6 Å². The highest BCUT2D eigenvalue weighted by molar-refractivity contribution is 8.93. The molecule has 6 heteroatoms.